The van der Waals surface area contributed by atoms with Crippen LogP contribution in [-0.2, 0) is 6.18 Å². The number of hydrogen-bond donors (Lipinski definition) is 1. The van der Waals surface area contributed by atoms with E-state index in [2.05, 4.69) is 9.97 Å². The molecule has 3 aromatic rings. The Balaban J connectivity index is 2.17. The average Bonchev–Trinajstić information content (AvgIpc) is 2.47. The second-order valence-electron chi connectivity index (χ2n) is 4.63. The molecule has 0 atom stereocenters. The summed E-state index contributed by atoms with van der Waals surface area (Å²) >= 11 is 5.93. The van der Waals surface area contributed by atoms with Gasteiger partial charge in [-0.15, -0.1) is 0 Å². The molecule has 0 aliphatic carbocycles. The highest BCUT2D eigenvalue weighted by Gasteiger charge is 2.30. The predicted molar refractivity (Wildman–Crippen MR) is 77.8 cm³/mol. The Kier molecular flexibility index (Phi) is 3.41. The van der Waals surface area contributed by atoms with Crippen LogP contribution in [0.1, 0.15) is 5.56 Å². The quantitative estimate of drug-likeness (QED) is 0.680. The zero-order valence-corrected chi connectivity index (χ0v) is 11.7. The first-order valence-corrected chi connectivity index (χ1v) is 6.59. The highest BCUT2D eigenvalue weighted by molar-refractivity contribution is 6.34. The van der Waals surface area contributed by atoms with E-state index in [0.717, 1.165) is 12.1 Å². The number of rotatable bonds is 1. The second-order valence-corrected chi connectivity index (χ2v) is 4.99. The topological polar surface area (TPSA) is 45.8 Å². The number of hydrogen-bond acceptors (Lipinski definition) is 2. The van der Waals surface area contributed by atoms with E-state index in [4.69, 9.17) is 11.6 Å². The molecule has 0 unspecified atom stereocenters. The zero-order chi connectivity index (χ0) is 15.9. The zero-order valence-electron chi connectivity index (χ0n) is 10.9. The van der Waals surface area contributed by atoms with Crippen molar-refractivity contribution in [2.24, 2.45) is 0 Å². The van der Waals surface area contributed by atoms with Gasteiger partial charge in [-0.25, -0.2) is 4.98 Å². The van der Waals surface area contributed by atoms with E-state index in [1.165, 1.54) is 24.5 Å². The molecule has 7 heteroatoms. The number of nitrogens with zero attached hydrogens (tertiary/aromatic N) is 1. The van der Waals surface area contributed by atoms with Crippen LogP contribution in [0.5, 0.6) is 0 Å². The third-order valence-corrected chi connectivity index (χ3v) is 3.56. The van der Waals surface area contributed by atoms with E-state index >= 15 is 0 Å². The minimum Gasteiger partial charge on any atom is -0.360 e. The molecule has 3 nitrogen and oxygen atoms in total. The molecule has 22 heavy (non-hydrogen) atoms. The predicted octanol–water partition coefficient (Wildman–Crippen LogP) is 4.26. The van der Waals surface area contributed by atoms with E-state index < -0.39 is 11.7 Å². The number of benzene rings is 1. The molecule has 2 aromatic heterocycles. The molecule has 0 bridgehead atoms. The van der Waals surface area contributed by atoms with Gasteiger partial charge in [-0.1, -0.05) is 23.7 Å². The summed E-state index contributed by atoms with van der Waals surface area (Å²) in [7, 11) is 0. The monoisotopic (exact) mass is 324 g/mol. The van der Waals surface area contributed by atoms with E-state index in [-0.39, 0.29) is 21.5 Å². The van der Waals surface area contributed by atoms with Crippen molar-refractivity contribution in [1.82, 2.24) is 9.97 Å². The molecule has 1 aromatic carbocycles. The van der Waals surface area contributed by atoms with Crippen LogP contribution in [0, 0.1) is 0 Å². The van der Waals surface area contributed by atoms with Crippen LogP contribution in [0.15, 0.2) is 47.5 Å². The Morgan fingerprint density at radius 3 is 2.41 bits per heavy atom. The highest BCUT2D eigenvalue weighted by atomic mass is 35.5. The smallest absolute Gasteiger partial charge is 0.360 e. The van der Waals surface area contributed by atoms with Crippen LogP contribution in [-0.4, -0.2) is 9.97 Å². The molecule has 1 N–H and O–H groups in total. The Morgan fingerprint density at radius 2 is 1.77 bits per heavy atom. The largest absolute Gasteiger partial charge is 0.416 e. The van der Waals surface area contributed by atoms with Crippen molar-refractivity contribution in [2.45, 2.75) is 6.18 Å². The van der Waals surface area contributed by atoms with Gasteiger partial charge in [-0.2, -0.15) is 13.2 Å². The first-order valence-electron chi connectivity index (χ1n) is 6.21. The molecule has 2 heterocycles. The minimum atomic E-state index is -4.42. The van der Waals surface area contributed by atoms with Gasteiger partial charge < -0.3 is 4.98 Å². The molecule has 3 rings (SSSR count). The molecule has 0 aliphatic heterocycles. The van der Waals surface area contributed by atoms with Crippen molar-refractivity contribution >= 4 is 22.5 Å². The summed E-state index contributed by atoms with van der Waals surface area (Å²) in [5.74, 6) is 0. The number of pyridine rings is 2. The molecule has 0 saturated carbocycles. The Bertz CT molecular complexity index is 901. The third kappa shape index (κ3) is 2.46. The van der Waals surface area contributed by atoms with Crippen molar-refractivity contribution in [3.63, 3.8) is 0 Å². The number of aromatic nitrogens is 2. The fraction of sp³-hybridized carbons (Fsp3) is 0.0667. The molecule has 112 valence electrons. The molecule has 0 aliphatic rings. The normalized spacial score (nSPS) is 11.8. The van der Waals surface area contributed by atoms with Gasteiger partial charge in [0.1, 0.15) is 5.15 Å². The summed E-state index contributed by atoms with van der Waals surface area (Å²) in [4.78, 5) is 19.2. The third-order valence-electron chi connectivity index (χ3n) is 3.27. The Labute approximate surface area is 127 Å². The van der Waals surface area contributed by atoms with E-state index in [1.54, 1.807) is 6.07 Å². The fourth-order valence-corrected chi connectivity index (χ4v) is 2.42. The molecular formula is C15H8ClF3N2O. The van der Waals surface area contributed by atoms with E-state index in [9.17, 15) is 18.0 Å². The van der Waals surface area contributed by atoms with Crippen molar-refractivity contribution in [3.05, 3.63) is 63.7 Å². The van der Waals surface area contributed by atoms with Gasteiger partial charge in [0.15, 0.2) is 5.43 Å². The van der Waals surface area contributed by atoms with Crippen molar-refractivity contribution < 1.29 is 13.2 Å². The van der Waals surface area contributed by atoms with Gasteiger partial charge in [0, 0.05) is 18.0 Å². The average molecular weight is 325 g/mol. The van der Waals surface area contributed by atoms with Crippen LogP contribution in [0.4, 0.5) is 13.2 Å². The summed E-state index contributed by atoms with van der Waals surface area (Å²) in [6.45, 7) is 0. The SMILES string of the molecule is O=c1c(-c2ccc(C(F)(F)F)cc2)c[nH]c2ccnc(Cl)c12. The molecule has 0 radical (unpaired) electrons. The van der Waals surface area contributed by atoms with Gasteiger partial charge in [0.25, 0.3) is 0 Å². The van der Waals surface area contributed by atoms with Crippen molar-refractivity contribution in [2.75, 3.05) is 0 Å². The van der Waals surface area contributed by atoms with Gasteiger partial charge in [0.2, 0.25) is 0 Å². The highest BCUT2D eigenvalue weighted by Crippen LogP contribution is 2.30. The van der Waals surface area contributed by atoms with Gasteiger partial charge in [-0.3, -0.25) is 4.79 Å². The lowest BCUT2D eigenvalue weighted by molar-refractivity contribution is -0.137. The molecule has 0 saturated heterocycles. The standard InChI is InChI=1S/C15H8ClF3N2O/c16-14-12-11(5-6-20-14)21-7-10(13(12)22)8-1-3-9(4-2-8)15(17,18)19/h1-7H,(H,21,22). The maximum absolute atomic E-state index is 12.6. The number of H-pyrrole nitrogens is 1. The first-order chi connectivity index (χ1) is 10.4. The number of aromatic amines is 1. The molecule has 0 amide bonds. The van der Waals surface area contributed by atoms with Crippen LogP contribution >= 0.6 is 11.6 Å². The fourth-order valence-electron chi connectivity index (χ4n) is 2.18. The summed E-state index contributed by atoms with van der Waals surface area (Å²) in [5.41, 5.74) is -0.0346. The summed E-state index contributed by atoms with van der Waals surface area (Å²) in [6.07, 6.45) is -1.51. The number of fused-ring (bicyclic) bond motifs is 1. The first kappa shape index (κ1) is 14.6. The Morgan fingerprint density at radius 1 is 1.09 bits per heavy atom. The van der Waals surface area contributed by atoms with E-state index in [0.29, 0.717) is 11.1 Å². The maximum Gasteiger partial charge on any atom is 0.416 e. The summed E-state index contributed by atoms with van der Waals surface area (Å²) in [6, 6.07) is 5.97. The van der Waals surface area contributed by atoms with Gasteiger partial charge in [-0.05, 0) is 23.8 Å². The van der Waals surface area contributed by atoms with E-state index in [1.807, 2.05) is 0 Å². The van der Waals surface area contributed by atoms with Crippen LogP contribution in [0.25, 0.3) is 22.0 Å². The lowest BCUT2D eigenvalue weighted by Gasteiger charge is -2.08. The van der Waals surface area contributed by atoms with Crippen molar-refractivity contribution in [1.29, 1.82) is 0 Å². The Hall–Kier alpha value is -2.34. The van der Waals surface area contributed by atoms with Gasteiger partial charge in [0.05, 0.1) is 16.5 Å². The van der Waals surface area contributed by atoms with Crippen LogP contribution < -0.4 is 5.43 Å². The molecule has 0 spiro atoms. The van der Waals surface area contributed by atoms with Crippen LogP contribution in [0.3, 0.4) is 0 Å². The summed E-state index contributed by atoms with van der Waals surface area (Å²) < 4.78 is 37.7. The maximum atomic E-state index is 12.6. The van der Waals surface area contributed by atoms with Crippen LogP contribution in [0.2, 0.25) is 5.15 Å². The molecular weight excluding hydrogens is 317 g/mol. The number of halogens is 4. The molecule has 0 fully saturated rings. The van der Waals surface area contributed by atoms with Crippen molar-refractivity contribution in [3.8, 4) is 11.1 Å². The minimum absolute atomic E-state index is 0.0486. The number of alkyl halides is 3. The lowest BCUT2D eigenvalue weighted by atomic mass is 10.0. The van der Waals surface area contributed by atoms with Gasteiger partial charge >= 0.3 is 6.18 Å². The summed E-state index contributed by atoms with van der Waals surface area (Å²) in [5, 5.41) is 0.258. The number of nitrogens with one attached hydrogen (secondary N) is 1. The second kappa shape index (κ2) is 5.14. The lowest BCUT2D eigenvalue weighted by Crippen LogP contribution is -2.08.